The number of methoxy groups -OCH3 is 2. The van der Waals surface area contributed by atoms with Crippen LogP contribution >= 0.6 is 11.3 Å². The van der Waals surface area contributed by atoms with Gasteiger partial charge in [-0.05, 0) is 54.1 Å². The number of hydrogen-bond donors (Lipinski definition) is 1. The van der Waals surface area contributed by atoms with Crippen LogP contribution in [0.4, 0.5) is 4.39 Å². The van der Waals surface area contributed by atoms with Crippen molar-refractivity contribution in [1.82, 2.24) is 10.3 Å². The molecule has 3 aromatic carbocycles. The second-order valence-corrected chi connectivity index (χ2v) is 17.7. The molecular weight excluding hydrogens is 660 g/mol. The third-order valence-electron chi connectivity index (χ3n) is 7.27. The van der Waals surface area contributed by atoms with E-state index in [1.807, 2.05) is 41.8 Å². The molecule has 5 rings (SSSR count). The fraction of sp³-hybridized carbons (Fsp3) is 0.237. The lowest BCUT2D eigenvalue weighted by atomic mass is 10.1. The molecule has 0 spiro atoms. The summed E-state index contributed by atoms with van der Waals surface area (Å²) in [4.78, 5) is 31.1. The number of carbonyl (C=O) groups is 2. The molecule has 8 nitrogen and oxygen atoms in total. The lowest BCUT2D eigenvalue weighted by Crippen LogP contribution is -2.30. The Morgan fingerprint density at radius 1 is 0.939 bits per heavy atom. The topological polar surface area (TPSA) is 96.0 Å². The van der Waals surface area contributed by atoms with Crippen LogP contribution in [0, 0.1) is 17.3 Å². The molecule has 0 aliphatic heterocycles. The van der Waals surface area contributed by atoms with Crippen molar-refractivity contribution in [2.45, 2.75) is 26.2 Å². The third-order valence-corrected chi connectivity index (χ3v) is 9.15. The molecule has 0 saturated carbocycles. The number of fused-ring (bicyclic) bond motifs is 1. The molecular formula is C38H37FN2O6SSi. The van der Waals surface area contributed by atoms with Gasteiger partial charge in [0.1, 0.15) is 31.9 Å². The van der Waals surface area contributed by atoms with Gasteiger partial charge in [0.05, 0.1) is 44.4 Å². The SMILES string of the molecule is COc1ccc(COCCOc2ccc(C(=O)NCC(=O)c3cc(C#C[Si](C)(C)C)cc(-c4csc5c(F)cccc45)n3)cc2OC)cc1. The number of nitrogens with one attached hydrogen (secondary N) is 1. The summed E-state index contributed by atoms with van der Waals surface area (Å²) in [6, 6.07) is 20.8. The Morgan fingerprint density at radius 3 is 2.47 bits per heavy atom. The van der Waals surface area contributed by atoms with Gasteiger partial charge in [0.15, 0.2) is 17.3 Å². The lowest BCUT2D eigenvalue weighted by molar-refractivity contribution is 0.0877. The van der Waals surface area contributed by atoms with Gasteiger partial charge in [-0.3, -0.25) is 9.59 Å². The first-order chi connectivity index (χ1) is 23.5. The summed E-state index contributed by atoms with van der Waals surface area (Å²) in [6.07, 6.45) is 0. The Morgan fingerprint density at radius 2 is 1.73 bits per heavy atom. The number of thiophene rings is 1. The second-order valence-electron chi connectivity index (χ2n) is 12.1. The van der Waals surface area contributed by atoms with Crippen molar-refractivity contribution >= 4 is 41.2 Å². The van der Waals surface area contributed by atoms with E-state index in [0.717, 1.165) is 11.3 Å². The first-order valence-corrected chi connectivity index (χ1v) is 20.0. The Bertz CT molecular complexity index is 2030. The maximum atomic E-state index is 14.5. The van der Waals surface area contributed by atoms with Gasteiger partial charge >= 0.3 is 0 Å². The lowest BCUT2D eigenvalue weighted by Gasteiger charge is -2.13. The highest BCUT2D eigenvalue weighted by Crippen LogP contribution is 2.35. The number of ketones is 1. The fourth-order valence-corrected chi connectivity index (χ4v) is 6.26. The second kappa shape index (κ2) is 15.9. The largest absolute Gasteiger partial charge is 0.497 e. The van der Waals surface area contributed by atoms with Crippen molar-refractivity contribution in [1.29, 1.82) is 0 Å². The first-order valence-electron chi connectivity index (χ1n) is 15.6. The van der Waals surface area contributed by atoms with Gasteiger partial charge < -0.3 is 24.3 Å². The Hall–Kier alpha value is -5.02. The quantitative estimate of drug-likeness (QED) is 0.0588. The van der Waals surface area contributed by atoms with Crippen molar-refractivity contribution in [2.75, 3.05) is 34.0 Å². The molecule has 0 aliphatic carbocycles. The van der Waals surface area contributed by atoms with Gasteiger partial charge in [0.25, 0.3) is 5.91 Å². The van der Waals surface area contributed by atoms with Crippen molar-refractivity contribution in [2.24, 2.45) is 0 Å². The first kappa shape index (κ1) is 35.3. The maximum Gasteiger partial charge on any atom is 0.251 e. The van der Waals surface area contributed by atoms with E-state index in [9.17, 15) is 14.0 Å². The molecule has 0 unspecified atom stereocenters. The zero-order valence-electron chi connectivity index (χ0n) is 28.0. The number of hydrogen-bond acceptors (Lipinski definition) is 8. The summed E-state index contributed by atoms with van der Waals surface area (Å²) in [6.45, 7) is 7.16. The summed E-state index contributed by atoms with van der Waals surface area (Å²) >= 11 is 1.28. The number of amides is 1. The Kier molecular flexibility index (Phi) is 11.5. The van der Waals surface area contributed by atoms with Crippen molar-refractivity contribution < 1.29 is 32.9 Å². The third kappa shape index (κ3) is 9.32. The highest BCUT2D eigenvalue weighted by atomic mass is 32.1. The van der Waals surface area contributed by atoms with E-state index in [1.54, 1.807) is 37.4 Å². The average Bonchev–Trinajstić information content (AvgIpc) is 3.55. The molecule has 2 heterocycles. The number of Topliss-reactive ketones (excluding diaryl/α,β-unsaturated/α-hetero) is 1. The standard InChI is InChI=1S/C38H37FN2O6SSi/c1-44-28-12-9-25(10-13-28)23-46-16-17-47-35-14-11-27(21-36(35)45-2)38(43)40-22-34(42)33-20-26(15-18-49(3,4)5)19-32(41-33)30-24-48-37-29(30)7-6-8-31(37)39/h6-14,19-21,24H,16-17,22-23H2,1-5H3,(H,40,43). The molecule has 1 N–H and O–H groups in total. The van der Waals surface area contributed by atoms with Crippen LogP contribution in [0.5, 0.6) is 17.2 Å². The minimum absolute atomic E-state index is 0.156. The average molecular weight is 697 g/mol. The summed E-state index contributed by atoms with van der Waals surface area (Å²) < 4.78 is 37.1. The molecule has 1 amide bonds. The van der Waals surface area contributed by atoms with Gasteiger partial charge in [-0.2, -0.15) is 0 Å². The predicted octanol–water partition coefficient (Wildman–Crippen LogP) is 7.56. The number of ether oxygens (including phenoxy) is 4. The number of halogens is 1. The summed E-state index contributed by atoms with van der Waals surface area (Å²) in [5.41, 5.74) is 6.65. The Balaban J connectivity index is 1.24. The van der Waals surface area contributed by atoms with E-state index in [2.05, 4.69) is 41.4 Å². The molecule has 0 radical (unpaired) electrons. The maximum absolute atomic E-state index is 14.5. The van der Waals surface area contributed by atoms with Crippen LogP contribution < -0.4 is 19.5 Å². The van der Waals surface area contributed by atoms with E-state index >= 15 is 0 Å². The van der Waals surface area contributed by atoms with Gasteiger partial charge in [-0.15, -0.1) is 16.9 Å². The van der Waals surface area contributed by atoms with E-state index in [4.69, 9.17) is 18.9 Å². The van der Waals surface area contributed by atoms with Crippen molar-refractivity contribution in [3.05, 3.63) is 106 Å². The van der Waals surface area contributed by atoms with Crippen LogP contribution in [0.2, 0.25) is 19.6 Å². The molecule has 252 valence electrons. The highest BCUT2D eigenvalue weighted by molar-refractivity contribution is 7.17. The number of benzene rings is 3. The Labute approximate surface area is 290 Å². The highest BCUT2D eigenvalue weighted by Gasteiger charge is 2.18. The van der Waals surface area contributed by atoms with E-state index in [-0.39, 0.29) is 24.7 Å². The summed E-state index contributed by atoms with van der Waals surface area (Å²) in [5, 5.41) is 5.23. The van der Waals surface area contributed by atoms with Crippen LogP contribution in [0.25, 0.3) is 21.3 Å². The van der Waals surface area contributed by atoms with Crippen LogP contribution in [0.15, 0.2) is 78.2 Å². The smallest absolute Gasteiger partial charge is 0.251 e. The minimum atomic E-state index is -1.73. The number of carbonyl (C=O) groups excluding carboxylic acids is 2. The van der Waals surface area contributed by atoms with Gasteiger partial charge in [0.2, 0.25) is 0 Å². The molecule has 0 bridgehead atoms. The molecule has 49 heavy (non-hydrogen) atoms. The van der Waals surface area contributed by atoms with Gasteiger partial charge in [0, 0.05) is 27.5 Å². The normalized spacial score (nSPS) is 11.1. The molecule has 11 heteroatoms. The minimum Gasteiger partial charge on any atom is -0.497 e. The van der Waals surface area contributed by atoms with Crippen LogP contribution in [-0.2, 0) is 11.3 Å². The van der Waals surface area contributed by atoms with Crippen molar-refractivity contribution in [3.63, 3.8) is 0 Å². The molecule has 0 atom stereocenters. The van der Waals surface area contributed by atoms with Crippen LogP contribution in [0.1, 0.15) is 32.0 Å². The molecule has 0 aliphatic rings. The van der Waals surface area contributed by atoms with Crippen LogP contribution in [0.3, 0.4) is 0 Å². The zero-order valence-corrected chi connectivity index (χ0v) is 29.8. The fourth-order valence-electron chi connectivity index (χ4n) is 4.77. The summed E-state index contributed by atoms with van der Waals surface area (Å²) in [5.74, 6) is 3.65. The van der Waals surface area contributed by atoms with Gasteiger partial charge in [-0.25, -0.2) is 9.37 Å². The van der Waals surface area contributed by atoms with E-state index in [0.29, 0.717) is 57.2 Å². The molecule has 0 saturated heterocycles. The zero-order chi connectivity index (χ0) is 35.0. The van der Waals surface area contributed by atoms with E-state index < -0.39 is 19.8 Å². The predicted molar refractivity (Wildman–Crippen MR) is 193 cm³/mol. The van der Waals surface area contributed by atoms with Crippen molar-refractivity contribution in [3.8, 4) is 40.0 Å². The molecule has 0 fully saturated rings. The number of aromatic nitrogens is 1. The monoisotopic (exact) mass is 696 g/mol. The number of nitrogens with zero attached hydrogens (tertiary/aromatic N) is 1. The number of rotatable bonds is 13. The van der Waals surface area contributed by atoms with Crippen LogP contribution in [-0.4, -0.2) is 58.7 Å². The van der Waals surface area contributed by atoms with Gasteiger partial charge in [-0.1, -0.05) is 49.8 Å². The van der Waals surface area contributed by atoms with E-state index in [1.165, 1.54) is 24.5 Å². The molecule has 5 aromatic rings. The summed E-state index contributed by atoms with van der Waals surface area (Å²) in [7, 11) is 1.38. The number of pyridine rings is 1. The molecule has 2 aromatic heterocycles.